The van der Waals surface area contributed by atoms with Crippen molar-refractivity contribution in [3.05, 3.63) is 34.3 Å². The van der Waals surface area contributed by atoms with Gasteiger partial charge in [-0.1, -0.05) is 47.5 Å². The van der Waals surface area contributed by atoms with Crippen LogP contribution in [0.4, 0.5) is 0 Å². The second-order valence-corrected chi connectivity index (χ2v) is 4.94. The molecular formula is C13H19BrClNO2. The van der Waals surface area contributed by atoms with Gasteiger partial charge in [-0.15, -0.1) is 12.4 Å². The van der Waals surface area contributed by atoms with Crippen LogP contribution < -0.4 is 5.32 Å². The molecule has 2 N–H and O–H groups in total. The van der Waals surface area contributed by atoms with E-state index in [1.54, 1.807) is 0 Å². The lowest BCUT2D eigenvalue weighted by Gasteiger charge is -2.21. The number of carboxylic acids is 1. The monoisotopic (exact) mass is 335 g/mol. The predicted molar refractivity (Wildman–Crippen MR) is 79.3 cm³/mol. The molecule has 5 heteroatoms. The minimum atomic E-state index is -0.786. The third kappa shape index (κ3) is 4.96. The highest BCUT2D eigenvalue weighted by atomic mass is 79.9. The molecule has 0 amide bonds. The average molecular weight is 337 g/mol. The minimum absolute atomic E-state index is 0. The van der Waals surface area contributed by atoms with Crippen LogP contribution in [0.1, 0.15) is 38.3 Å². The molecule has 3 nitrogen and oxygen atoms in total. The van der Waals surface area contributed by atoms with Crippen molar-refractivity contribution in [2.24, 2.45) is 0 Å². The van der Waals surface area contributed by atoms with Crippen molar-refractivity contribution in [2.45, 2.75) is 38.8 Å². The largest absolute Gasteiger partial charge is 0.480 e. The van der Waals surface area contributed by atoms with E-state index in [0.29, 0.717) is 6.42 Å². The Hall–Kier alpha value is -0.580. The number of halogens is 2. The van der Waals surface area contributed by atoms with E-state index in [0.717, 1.165) is 16.5 Å². The van der Waals surface area contributed by atoms with Crippen LogP contribution in [-0.2, 0) is 4.79 Å². The van der Waals surface area contributed by atoms with Gasteiger partial charge in [-0.25, -0.2) is 0 Å². The summed E-state index contributed by atoms with van der Waals surface area (Å²) in [6, 6.07) is 7.38. The molecule has 1 aromatic rings. The Morgan fingerprint density at radius 1 is 1.44 bits per heavy atom. The van der Waals surface area contributed by atoms with E-state index in [9.17, 15) is 4.79 Å². The topological polar surface area (TPSA) is 49.3 Å². The molecule has 102 valence electrons. The summed E-state index contributed by atoms with van der Waals surface area (Å²) in [4.78, 5) is 11.1. The number of rotatable bonds is 6. The first-order valence-corrected chi connectivity index (χ1v) is 6.58. The lowest BCUT2D eigenvalue weighted by Crippen LogP contribution is -2.38. The smallest absolute Gasteiger partial charge is 0.320 e. The van der Waals surface area contributed by atoms with Crippen LogP contribution in [0.15, 0.2) is 28.7 Å². The third-order valence-corrected chi connectivity index (χ3v) is 3.42. The highest BCUT2D eigenvalue weighted by Gasteiger charge is 2.19. The first-order valence-electron chi connectivity index (χ1n) is 5.79. The van der Waals surface area contributed by atoms with Gasteiger partial charge in [0.2, 0.25) is 0 Å². The Morgan fingerprint density at radius 2 is 2.06 bits per heavy atom. The number of nitrogens with one attached hydrogen (secondary N) is 1. The van der Waals surface area contributed by atoms with Crippen LogP contribution in [0.3, 0.4) is 0 Å². The zero-order chi connectivity index (χ0) is 12.8. The van der Waals surface area contributed by atoms with Crippen LogP contribution in [0.25, 0.3) is 0 Å². The quantitative estimate of drug-likeness (QED) is 0.831. The zero-order valence-corrected chi connectivity index (χ0v) is 12.9. The Bertz CT molecular complexity index is 387. The number of hydrogen-bond donors (Lipinski definition) is 2. The fourth-order valence-corrected chi connectivity index (χ4v) is 2.41. The summed E-state index contributed by atoms with van der Waals surface area (Å²) in [5, 5.41) is 12.2. The maximum Gasteiger partial charge on any atom is 0.320 e. The molecule has 0 fully saturated rings. The minimum Gasteiger partial charge on any atom is -0.480 e. The Morgan fingerprint density at radius 3 is 2.56 bits per heavy atom. The van der Waals surface area contributed by atoms with Gasteiger partial charge < -0.3 is 5.11 Å². The second kappa shape index (κ2) is 8.51. The Kier molecular flexibility index (Phi) is 8.24. The molecule has 1 aromatic carbocycles. The van der Waals surface area contributed by atoms with Crippen LogP contribution in [0.2, 0.25) is 0 Å². The van der Waals surface area contributed by atoms with E-state index in [-0.39, 0.29) is 18.4 Å². The van der Waals surface area contributed by atoms with Gasteiger partial charge in [0.25, 0.3) is 0 Å². The Labute approximate surface area is 123 Å². The summed E-state index contributed by atoms with van der Waals surface area (Å²) in [6.45, 7) is 3.96. The van der Waals surface area contributed by atoms with E-state index in [4.69, 9.17) is 5.11 Å². The average Bonchev–Trinajstić information content (AvgIpc) is 2.28. The van der Waals surface area contributed by atoms with Crippen molar-refractivity contribution in [2.75, 3.05) is 0 Å². The zero-order valence-electron chi connectivity index (χ0n) is 10.5. The van der Waals surface area contributed by atoms with E-state index in [2.05, 4.69) is 21.2 Å². The molecule has 0 heterocycles. The second-order valence-electron chi connectivity index (χ2n) is 4.09. The maximum absolute atomic E-state index is 11.1. The number of hydrogen-bond acceptors (Lipinski definition) is 2. The van der Waals surface area contributed by atoms with Crippen LogP contribution in [0.5, 0.6) is 0 Å². The SMILES string of the molecule is CCCC(NC(C)c1ccccc1Br)C(=O)O.Cl. The Balaban J connectivity index is 0.00000289. The molecule has 0 aliphatic carbocycles. The maximum atomic E-state index is 11.1. The van der Waals surface area contributed by atoms with Gasteiger partial charge in [0.15, 0.2) is 0 Å². The van der Waals surface area contributed by atoms with Gasteiger partial charge in [0.1, 0.15) is 6.04 Å². The first-order chi connectivity index (χ1) is 8.06. The summed E-state index contributed by atoms with van der Waals surface area (Å²) < 4.78 is 1.00. The molecule has 0 saturated carbocycles. The summed E-state index contributed by atoms with van der Waals surface area (Å²) in [6.07, 6.45) is 1.50. The summed E-state index contributed by atoms with van der Waals surface area (Å²) >= 11 is 3.48. The van der Waals surface area contributed by atoms with Crippen molar-refractivity contribution in [1.82, 2.24) is 5.32 Å². The molecule has 0 aromatic heterocycles. The molecule has 0 bridgehead atoms. The highest BCUT2D eigenvalue weighted by Crippen LogP contribution is 2.23. The summed E-state index contributed by atoms with van der Waals surface area (Å²) in [7, 11) is 0. The van der Waals surface area contributed by atoms with Crippen molar-refractivity contribution in [1.29, 1.82) is 0 Å². The molecule has 0 spiro atoms. The van der Waals surface area contributed by atoms with Gasteiger partial charge >= 0.3 is 5.97 Å². The van der Waals surface area contributed by atoms with Crippen LogP contribution in [-0.4, -0.2) is 17.1 Å². The lowest BCUT2D eigenvalue weighted by atomic mass is 10.1. The number of carboxylic acid groups (broad SMARTS) is 1. The number of benzene rings is 1. The van der Waals surface area contributed by atoms with Gasteiger partial charge in [0, 0.05) is 10.5 Å². The molecular weight excluding hydrogens is 318 g/mol. The van der Waals surface area contributed by atoms with Crippen molar-refractivity contribution >= 4 is 34.3 Å². The van der Waals surface area contributed by atoms with E-state index in [1.165, 1.54) is 0 Å². The molecule has 1 rings (SSSR count). The molecule has 2 atom stereocenters. The first kappa shape index (κ1) is 17.4. The fourth-order valence-electron chi connectivity index (χ4n) is 1.78. The molecule has 0 aliphatic rings. The van der Waals surface area contributed by atoms with E-state index in [1.807, 2.05) is 38.1 Å². The normalized spacial score (nSPS) is 13.5. The van der Waals surface area contributed by atoms with E-state index < -0.39 is 12.0 Å². The predicted octanol–water partition coefficient (Wildman–Crippen LogP) is 3.77. The van der Waals surface area contributed by atoms with Crippen molar-refractivity contribution < 1.29 is 9.90 Å². The molecule has 2 unspecified atom stereocenters. The van der Waals surface area contributed by atoms with Crippen LogP contribution >= 0.6 is 28.3 Å². The van der Waals surface area contributed by atoms with Crippen molar-refractivity contribution in [3.8, 4) is 0 Å². The molecule has 0 aliphatic heterocycles. The van der Waals surface area contributed by atoms with Gasteiger partial charge in [-0.05, 0) is 25.0 Å². The van der Waals surface area contributed by atoms with Gasteiger partial charge in [-0.2, -0.15) is 0 Å². The standard InChI is InChI=1S/C13H18BrNO2.ClH/c1-3-6-12(13(16)17)15-9(2)10-7-4-5-8-11(10)14;/h4-5,7-9,12,15H,3,6H2,1-2H3,(H,16,17);1H. The number of carbonyl (C=O) groups is 1. The molecule has 0 radical (unpaired) electrons. The van der Waals surface area contributed by atoms with Crippen LogP contribution in [0, 0.1) is 0 Å². The van der Waals surface area contributed by atoms with Gasteiger partial charge in [-0.3, -0.25) is 10.1 Å². The molecule has 0 saturated heterocycles. The van der Waals surface area contributed by atoms with Gasteiger partial charge in [0.05, 0.1) is 0 Å². The molecule has 18 heavy (non-hydrogen) atoms. The summed E-state index contributed by atoms with van der Waals surface area (Å²) in [5.74, 6) is -0.786. The summed E-state index contributed by atoms with van der Waals surface area (Å²) in [5.41, 5.74) is 1.08. The fraction of sp³-hybridized carbons (Fsp3) is 0.462. The highest BCUT2D eigenvalue weighted by molar-refractivity contribution is 9.10. The van der Waals surface area contributed by atoms with Crippen molar-refractivity contribution in [3.63, 3.8) is 0 Å². The lowest BCUT2D eigenvalue weighted by molar-refractivity contribution is -0.139. The third-order valence-electron chi connectivity index (χ3n) is 2.70. The number of aliphatic carboxylic acids is 1. The van der Waals surface area contributed by atoms with E-state index >= 15 is 0 Å².